The minimum absolute atomic E-state index is 0.241. The molecule has 2 aromatic rings. The van der Waals surface area contributed by atoms with E-state index < -0.39 is 0 Å². The average molecular weight is 291 g/mol. The molecule has 0 saturated heterocycles. The molecule has 5 nitrogen and oxygen atoms in total. The van der Waals surface area contributed by atoms with Gasteiger partial charge in [0, 0.05) is 12.1 Å². The van der Waals surface area contributed by atoms with E-state index in [-0.39, 0.29) is 11.7 Å². The topological polar surface area (TPSA) is 58.4 Å². The molecule has 1 aromatic carbocycles. The second kappa shape index (κ2) is 6.99. The maximum atomic E-state index is 12.9. The molecule has 0 unspecified atom stereocenters. The Bertz CT molecular complexity index is 593. The van der Waals surface area contributed by atoms with Gasteiger partial charge in [0.2, 0.25) is 0 Å². The molecule has 0 aliphatic rings. The van der Waals surface area contributed by atoms with Crippen molar-refractivity contribution >= 4 is 5.91 Å². The predicted molar refractivity (Wildman–Crippen MR) is 77.4 cm³/mol. The molecular formula is C15H18FN3O2. The fraction of sp³-hybridized carbons (Fsp3) is 0.333. The third kappa shape index (κ3) is 4.13. The number of nitrogens with zero attached hydrogens (tertiary/aromatic N) is 2. The Morgan fingerprint density at radius 1 is 1.33 bits per heavy atom. The molecule has 112 valence electrons. The van der Waals surface area contributed by atoms with Crippen molar-refractivity contribution in [2.45, 2.75) is 6.42 Å². The lowest BCUT2D eigenvalue weighted by Crippen LogP contribution is -2.27. The molecule has 0 fully saturated rings. The summed E-state index contributed by atoms with van der Waals surface area (Å²) in [4.78, 5) is 14.2. The van der Waals surface area contributed by atoms with Gasteiger partial charge in [0.05, 0.1) is 6.20 Å². The Labute approximate surface area is 122 Å². The first-order valence-electron chi connectivity index (χ1n) is 6.71. The molecule has 1 amide bonds. The van der Waals surface area contributed by atoms with Gasteiger partial charge in [0.1, 0.15) is 11.4 Å². The zero-order valence-corrected chi connectivity index (χ0v) is 12.1. The van der Waals surface area contributed by atoms with Crippen LogP contribution in [0.1, 0.15) is 16.8 Å². The van der Waals surface area contributed by atoms with E-state index in [0.29, 0.717) is 23.4 Å². The number of nitrogens with one attached hydrogen (secondary N) is 1. The molecule has 0 spiro atoms. The van der Waals surface area contributed by atoms with Crippen LogP contribution in [0.25, 0.3) is 11.3 Å². The quantitative estimate of drug-likeness (QED) is 0.829. The molecule has 1 N–H and O–H groups in total. The van der Waals surface area contributed by atoms with Crippen LogP contribution in [0.3, 0.4) is 0 Å². The molecular weight excluding hydrogens is 273 g/mol. The van der Waals surface area contributed by atoms with E-state index in [4.69, 9.17) is 4.52 Å². The summed E-state index contributed by atoms with van der Waals surface area (Å²) in [7, 11) is 3.96. The zero-order chi connectivity index (χ0) is 15.2. The van der Waals surface area contributed by atoms with Crippen LogP contribution in [-0.4, -0.2) is 43.1 Å². The summed E-state index contributed by atoms with van der Waals surface area (Å²) in [5.41, 5.74) is 0.971. The molecule has 0 aliphatic heterocycles. The van der Waals surface area contributed by atoms with Crippen LogP contribution in [0.5, 0.6) is 0 Å². The van der Waals surface area contributed by atoms with E-state index in [0.717, 1.165) is 13.0 Å². The molecule has 0 bridgehead atoms. The Hall–Kier alpha value is -2.21. The summed E-state index contributed by atoms with van der Waals surface area (Å²) in [6.07, 6.45) is 2.23. The number of amides is 1. The fourth-order valence-electron chi connectivity index (χ4n) is 1.90. The van der Waals surface area contributed by atoms with Crippen molar-refractivity contribution < 1.29 is 13.7 Å². The maximum absolute atomic E-state index is 12.9. The Morgan fingerprint density at radius 3 is 2.71 bits per heavy atom. The monoisotopic (exact) mass is 291 g/mol. The van der Waals surface area contributed by atoms with Crippen molar-refractivity contribution in [2.24, 2.45) is 0 Å². The van der Waals surface area contributed by atoms with Crippen LogP contribution in [0.2, 0.25) is 0 Å². The fourth-order valence-corrected chi connectivity index (χ4v) is 1.90. The van der Waals surface area contributed by atoms with Crippen molar-refractivity contribution in [2.75, 3.05) is 27.2 Å². The number of benzene rings is 1. The van der Waals surface area contributed by atoms with E-state index in [2.05, 4.69) is 15.4 Å². The summed E-state index contributed by atoms with van der Waals surface area (Å²) >= 11 is 0. The number of carbonyl (C=O) groups excluding carboxylic acids is 1. The number of halogens is 1. The molecule has 0 atom stereocenters. The summed E-state index contributed by atoms with van der Waals surface area (Å²) < 4.78 is 18.0. The molecule has 6 heteroatoms. The largest absolute Gasteiger partial charge is 0.355 e. The zero-order valence-electron chi connectivity index (χ0n) is 12.1. The molecule has 0 saturated carbocycles. The smallest absolute Gasteiger partial charge is 0.256 e. The van der Waals surface area contributed by atoms with Crippen molar-refractivity contribution in [1.82, 2.24) is 15.4 Å². The van der Waals surface area contributed by atoms with E-state index in [1.54, 1.807) is 12.1 Å². The molecule has 1 aromatic heterocycles. The molecule has 1 heterocycles. The highest BCUT2D eigenvalue weighted by Crippen LogP contribution is 2.23. The van der Waals surface area contributed by atoms with Gasteiger partial charge in [-0.25, -0.2) is 4.39 Å². The van der Waals surface area contributed by atoms with Gasteiger partial charge >= 0.3 is 0 Å². The van der Waals surface area contributed by atoms with Crippen molar-refractivity contribution in [3.63, 3.8) is 0 Å². The summed E-state index contributed by atoms with van der Waals surface area (Å²) in [6, 6.07) is 5.74. The third-order valence-electron chi connectivity index (χ3n) is 2.99. The normalized spacial score (nSPS) is 10.9. The number of hydrogen-bond acceptors (Lipinski definition) is 4. The Kier molecular flexibility index (Phi) is 5.05. The van der Waals surface area contributed by atoms with Gasteiger partial charge in [0.15, 0.2) is 5.76 Å². The van der Waals surface area contributed by atoms with E-state index >= 15 is 0 Å². The standard InChI is InChI=1S/C15H18FN3O2/c1-19(2)9-3-8-17-15(20)13-10-18-21-14(13)11-4-6-12(16)7-5-11/h4-7,10H,3,8-9H2,1-2H3,(H,17,20). The van der Waals surface area contributed by atoms with Crippen molar-refractivity contribution in [3.8, 4) is 11.3 Å². The van der Waals surface area contributed by atoms with Gasteiger partial charge in [-0.1, -0.05) is 5.16 Å². The number of aromatic nitrogens is 1. The third-order valence-corrected chi connectivity index (χ3v) is 2.99. The first-order chi connectivity index (χ1) is 10.1. The minimum Gasteiger partial charge on any atom is -0.355 e. The van der Waals surface area contributed by atoms with Gasteiger partial charge in [-0.3, -0.25) is 4.79 Å². The van der Waals surface area contributed by atoms with Gasteiger partial charge in [-0.05, 0) is 51.3 Å². The van der Waals surface area contributed by atoms with Gasteiger partial charge < -0.3 is 14.7 Å². The lowest BCUT2D eigenvalue weighted by Gasteiger charge is -2.09. The Morgan fingerprint density at radius 2 is 2.05 bits per heavy atom. The number of hydrogen-bond donors (Lipinski definition) is 1. The lowest BCUT2D eigenvalue weighted by atomic mass is 10.1. The maximum Gasteiger partial charge on any atom is 0.256 e. The number of rotatable bonds is 6. The van der Waals surface area contributed by atoms with Crippen LogP contribution in [0.4, 0.5) is 4.39 Å². The van der Waals surface area contributed by atoms with E-state index in [1.165, 1.54) is 18.3 Å². The highest BCUT2D eigenvalue weighted by atomic mass is 19.1. The molecule has 2 rings (SSSR count). The SMILES string of the molecule is CN(C)CCCNC(=O)c1cnoc1-c1ccc(F)cc1. The van der Waals surface area contributed by atoms with Crippen LogP contribution < -0.4 is 5.32 Å². The summed E-state index contributed by atoms with van der Waals surface area (Å²) in [6.45, 7) is 1.47. The predicted octanol–water partition coefficient (Wildman–Crippen LogP) is 2.16. The van der Waals surface area contributed by atoms with Gasteiger partial charge in [0.25, 0.3) is 5.91 Å². The van der Waals surface area contributed by atoms with E-state index in [1.807, 2.05) is 14.1 Å². The van der Waals surface area contributed by atoms with Crippen molar-refractivity contribution in [3.05, 3.63) is 41.8 Å². The second-order valence-corrected chi connectivity index (χ2v) is 4.99. The highest BCUT2D eigenvalue weighted by molar-refractivity contribution is 5.99. The molecule has 0 aliphatic carbocycles. The van der Waals surface area contributed by atoms with Crippen LogP contribution in [0, 0.1) is 5.82 Å². The lowest BCUT2D eigenvalue weighted by molar-refractivity contribution is 0.0952. The molecule has 21 heavy (non-hydrogen) atoms. The van der Waals surface area contributed by atoms with Crippen LogP contribution in [-0.2, 0) is 0 Å². The average Bonchev–Trinajstić information content (AvgIpc) is 2.93. The molecule has 0 radical (unpaired) electrons. The second-order valence-electron chi connectivity index (χ2n) is 4.99. The minimum atomic E-state index is -0.340. The van der Waals surface area contributed by atoms with Crippen LogP contribution in [0.15, 0.2) is 35.0 Å². The van der Waals surface area contributed by atoms with Crippen molar-refractivity contribution in [1.29, 1.82) is 0 Å². The Balaban J connectivity index is 2.02. The van der Waals surface area contributed by atoms with Crippen LogP contribution >= 0.6 is 0 Å². The number of carbonyl (C=O) groups is 1. The van der Waals surface area contributed by atoms with Gasteiger partial charge in [-0.15, -0.1) is 0 Å². The van der Waals surface area contributed by atoms with E-state index in [9.17, 15) is 9.18 Å². The summed E-state index contributed by atoms with van der Waals surface area (Å²) in [5.74, 6) is -0.234. The highest BCUT2D eigenvalue weighted by Gasteiger charge is 2.17. The van der Waals surface area contributed by atoms with Gasteiger partial charge in [-0.2, -0.15) is 0 Å². The first-order valence-corrected chi connectivity index (χ1v) is 6.71. The first kappa shape index (κ1) is 15.2. The summed E-state index contributed by atoms with van der Waals surface area (Å²) in [5, 5.41) is 6.48.